The van der Waals surface area contributed by atoms with Crippen molar-refractivity contribution < 1.29 is 12.9 Å². The highest BCUT2D eigenvalue weighted by molar-refractivity contribution is 7.93. The Kier molecular flexibility index (Phi) is 2.83. The molecule has 0 amide bonds. The van der Waals surface area contributed by atoms with Crippen molar-refractivity contribution in [2.45, 2.75) is 4.90 Å². The maximum absolute atomic E-state index is 12.4. The standard InChI is InChI=1S/C13H11N3O3S/c14-11-5-6-12(10-4-2-1-3-9(10)11)20(17,18)16-13-7-8-19-15-13/h1-8H,14H2,(H,15,16). The van der Waals surface area contributed by atoms with Crippen LogP contribution in [0, 0.1) is 0 Å². The first-order chi connectivity index (χ1) is 9.58. The molecule has 0 atom stereocenters. The second-order valence-corrected chi connectivity index (χ2v) is 5.84. The molecule has 0 saturated heterocycles. The highest BCUT2D eigenvalue weighted by Gasteiger charge is 2.19. The van der Waals surface area contributed by atoms with Gasteiger partial charge in [-0.1, -0.05) is 29.4 Å². The molecule has 3 rings (SSSR count). The number of anilines is 2. The highest BCUT2D eigenvalue weighted by atomic mass is 32.2. The van der Waals surface area contributed by atoms with Crippen LogP contribution in [-0.2, 0) is 10.0 Å². The van der Waals surface area contributed by atoms with Gasteiger partial charge in [-0.25, -0.2) is 8.42 Å². The molecule has 6 nitrogen and oxygen atoms in total. The van der Waals surface area contributed by atoms with E-state index in [1.807, 2.05) is 0 Å². The molecule has 0 bridgehead atoms. The molecular formula is C13H11N3O3S. The lowest BCUT2D eigenvalue weighted by atomic mass is 10.1. The van der Waals surface area contributed by atoms with Gasteiger partial charge < -0.3 is 10.3 Å². The van der Waals surface area contributed by atoms with Crippen LogP contribution in [0.25, 0.3) is 10.8 Å². The average molecular weight is 289 g/mol. The Morgan fingerprint density at radius 3 is 2.50 bits per heavy atom. The zero-order chi connectivity index (χ0) is 14.2. The predicted octanol–water partition coefficient (Wildman–Crippen LogP) is 2.21. The van der Waals surface area contributed by atoms with E-state index in [0.717, 1.165) is 0 Å². The number of rotatable bonds is 3. The number of nitrogens with one attached hydrogen (secondary N) is 1. The number of benzene rings is 2. The minimum Gasteiger partial charge on any atom is -0.398 e. The molecule has 0 radical (unpaired) electrons. The first kappa shape index (κ1) is 12.5. The van der Waals surface area contributed by atoms with E-state index >= 15 is 0 Å². The molecule has 3 aromatic rings. The summed E-state index contributed by atoms with van der Waals surface area (Å²) in [5, 5.41) is 4.78. The summed E-state index contributed by atoms with van der Waals surface area (Å²) < 4.78 is 31.7. The number of nitrogens with two attached hydrogens (primary N) is 1. The van der Waals surface area contributed by atoms with Crippen LogP contribution in [-0.4, -0.2) is 13.6 Å². The fourth-order valence-electron chi connectivity index (χ4n) is 1.99. The minimum atomic E-state index is -3.75. The van der Waals surface area contributed by atoms with E-state index in [1.165, 1.54) is 18.4 Å². The first-order valence-corrected chi connectivity index (χ1v) is 7.27. The summed E-state index contributed by atoms with van der Waals surface area (Å²) in [6.45, 7) is 0. The van der Waals surface area contributed by atoms with Gasteiger partial charge in [0.2, 0.25) is 0 Å². The van der Waals surface area contributed by atoms with Gasteiger partial charge in [-0.05, 0) is 12.1 Å². The van der Waals surface area contributed by atoms with Gasteiger partial charge in [-0.2, -0.15) is 0 Å². The molecule has 102 valence electrons. The maximum Gasteiger partial charge on any atom is 0.263 e. The summed E-state index contributed by atoms with van der Waals surface area (Å²) in [6, 6.07) is 11.5. The van der Waals surface area contributed by atoms with Gasteiger partial charge in [0.1, 0.15) is 6.26 Å². The van der Waals surface area contributed by atoms with Gasteiger partial charge in [-0.3, -0.25) is 4.72 Å². The Hall–Kier alpha value is -2.54. The molecule has 1 aromatic heterocycles. The SMILES string of the molecule is Nc1ccc(S(=O)(=O)Nc2ccon2)c2ccccc12. The topological polar surface area (TPSA) is 98.2 Å². The Labute approximate surface area is 115 Å². The summed E-state index contributed by atoms with van der Waals surface area (Å²) >= 11 is 0. The fraction of sp³-hybridized carbons (Fsp3) is 0. The van der Waals surface area contributed by atoms with Crippen molar-refractivity contribution in [1.82, 2.24) is 5.16 Å². The second-order valence-electron chi connectivity index (χ2n) is 4.19. The minimum absolute atomic E-state index is 0.130. The van der Waals surface area contributed by atoms with E-state index in [1.54, 1.807) is 30.3 Å². The van der Waals surface area contributed by atoms with Crippen molar-refractivity contribution in [2.24, 2.45) is 0 Å². The van der Waals surface area contributed by atoms with Crippen LogP contribution in [0.3, 0.4) is 0 Å². The number of hydrogen-bond donors (Lipinski definition) is 2. The lowest BCUT2D eigenvalue weighted by Crippen LogP contribution is -2.13. The number of hydrogen-bond acceptors (Lipinski definition) is 5. The lowest BCUT2D eigenvalue weighted by molar-refractivity contribution is 0.423. The molecule has 20 heavy (non-hydrogen) atoms. The Bertz CT molecular complexity index is 858. The van der Waals surface area contributed by atoms with E-state index in [9.17, 15) is 8.42 Å². The highest BCUT2D eigenvalue weighted by Crippen LogP contribution is 2.28. The van der Waals surface area contributed by atoms with Crippen molar-refractivity contribution in [1.29, 1.82) is 0 Å². The van der Waals surface area contributed by atoms with Gasteiger partial charge in [0.25, 0.3) is 10.0 Å². The van der Waals surface area contributed by atoms with Crippen molar-refractivity contribution in [3.8, 4) is 0 Å². The van der Waals surface area contributed by atoms with Crippen molar-refractivity contribution in [3.63, 3.8) is 0 Å². The molecular weight excluding hydrogens is 278 g/mol. The lowest BCUT2D eigenvalue weighted by Gasteiger charge is -2.10. The Morgan fingerprint density at radius 1 is 1.05 bits per heavy atom. The summed E-state index contributed by atoms with van der Waals surface area (Å²) in [5.41, 5.74) is 6.39. The van der Waals surface area contributed by atoms with Crippen LogP contribution < -0.4 is 10.5 Å². The molecule has 0 aliphatic heterocycles. The van der Waals surface area contributed by atoms with E-state index in [4.69, 9.17) is 5.73 Å². The third-order valence-corrected chi connectivity index (χ3v) is 4.30. The smallest absolute Gasteiger partial charge is 0.263 e. The van der Waals surface area contributed by atoms with E-state index in [-0.39, 0.29) is 10.7 Å². The van der Waals surface area contributed by atoms with Crippen LogP contribution >= 0.6 is 0 Å². The van der Waals surface area contributed by atoms with Crippen LogP contribution in [0.15, 0.2) is 58.1 Å². The zero-order valence-electron chi connectivity index (χ0n) is 10.3. The third-order valence-electron chi connectivity index (χ3n) is 2.88. The normalized spacial score (nSPS) is 11.6. The van der Waals surface area contributed by atoms with Crippen LogP contribution in [0.5, 0.6) is 0 Å². The molecule has 2 aromatic carbocycles. The average Bonchev–Trinajstić information content (AvgIpc) is 2.91. The van der Waals surface area contributed by atoms with Gasteiger partial charge in [-0.15, -0.1) is 0 Å². The van der Waals surface area contributed by atoms with Crippen LogP contribution in [0.4, 0.5) is 11.5 Å². The third kappa shape index (κ3) is 2.08. The number of sulfonamides is 1. The van der Waals surface area contributed by atoms with Crippen molar-refractivity contribution >= 4 is 32.3 Å². The molecule has 0 fully saturated rings. The number of nitrogen functional groups attached to an aromatic ring is 1. The van der Waals surface area contributed by atoms with E-state index < -0.39 is 10.0 Å². The second kappa shape index (κ2) is 4.53. The zero-order valence-corrected chi connectivity index (χ0v) is 11.1. The monoisotopic (exact) mass is 289 g/mol. The van der Waals surface area contributed by atoms with Crippen molar-refractivity contribution in [3.05, 3.63) is 48.7 Å². The molecule has 0 aliphatic rings. The molecule has 1 heterocycles. The molecule has 3 N–H and O–H groups in total. The fourth-order valence-corrected chi connectivity index (χ4v) is 3.19. The summed E-state index contributed by atoms with van der Waals surface area (Å²) in [6.07, 6.45) is 1.29. The largest absolute Gasteiger partial charge is 0.398 e. The van der Waals surface area contributed by atoms with E-state index in [0.29, 0.717) is 16.5 Å². The molecule has 0 spiro atoms. The quantitative estimate of drug-likeness (QED) is 0.720. The van der Waals surface area contributed by atoms with Gasteiger partial charge in [0, 0.05) is 22.5 Å². The van der Waals surface area contributed by atoms with Gasteiger partial charge in [0.15, 0.2) is 5.82 Å². The maximum atomic E-state index is 12.4. The molecule has 0 aliphatic carbocycles. The molecule has 0 unspecified atom stereocenters. The first-order valence-electron chi connectivity index (χ1n) is 5.78. The Morgan fingerprint density at radius 2 is 1.80 bits per heavy atom. The van der Waals surface area contributed by atoms with E-state index in [2.05, 4.69) is 14.4 Å². The number of fused-ring (bicyclic) bond motifs is 1. The summed E-state index contributed by atoms with van der Waals surface area (Å²) in [4.78, 5) is 0.144. The van der Waals surface area contributed by atoms with Gasteiger partial charge >= 0.3 is 0 Å². The Balaban J connectivity index is 2.17. The molecule has 0 saturated carbocycles. The predicted molar refractivity (Wildman–Crippen MR) is 75.7 cm³/mol. The summed E-state index contributed by atoms with van der Waals surface area (Å²) in [5.74, 6) is 0.130. The number of aromatic nitrogens is 1. The van der Waals surface area contributed by atoms with Crippen LogP contribution in [0.1, 0.15) is 0 Å². The number of nitrogens with zero attached hydrogens (tertiary/aromatic N) is 1. The van der Waals surface area contributed by atoms with Crippen LogP contribution in [0.2, 0.25) is 0 Å². The van der Waals surface area contributed by atoms with Crippen molar-refractivity contribution in [2.75, 3.05) is 10.5 Å². The van der Waals surface area contributed by atoms with Gasteiger partial charge in [0.05, 0.1) is 4.90 Å². The summed E-state index contributed by atoms with van der Waals surface area (Å²) in [7, 11) is -3.75. The molecule has 7 heteroatoms.